The summed E-state index contributed by atoms with van der Waals surface area (Å²) in [4.78, 5) is 14.2. The highest BCUT2D eigenvalue weighted by Gasteiger charge is 2.41. The molecule has 2 aliphatic rings. The highest BCUT2D eigenvalue weighted by Crippen LogP contribution is 2.30. The summed E-state index contributed by atoms with van der Waals surface area (Å²) in [7, 11) is 0. The van der Waals surface area contributed by atoms with Crippen LogP contribution in [0, 0.1) is 10.1 Å². The average Bonchev–Trinajstić information content (AvgIpc) is 2.43. The summed E-state index contributed by atoms with van der Waals surface area (Å²) in [5.41, 5.74) is 0. The molecule has 0 amide bonds. The monoisotopic (exact) mass is 175 g/mol. The lowest BCUT2D eigenvalue weighted by molar-refractivity contribution is -0.779. The van der Waals surface area contributed by atoms with E-state index in [0.717, 1.165) is 6.42 Å². The van der Waals surface area contributed by atoms with Gasteiger partial charge in [0.2, 0.25) is 6.29 Å². The minimum atomic E-state index is -0.828. The van der Waals surface area contributed by atoms with Gasteiger partial charge in [-0.15, -0.1) is 10.1 Å². The summed E-state index contributed by atoms with van der Waals surface area (Å²) in [6.45, 7) is 0.681. The quantitative estimate of drug-likeness (QED) is 0.439. The summed E-state index contributed by atoms with van der Waals surface area (Å²) in [5.74, 6) is 0. The van der Waals surface area contributed by atoms with Crippen LogP contribution in [0.15, 0.2) is 0 Å². The Morgan fingerprint density at radius 1 is 1.50 bits per heavy atom. The Morgan fingerprint density at radius 3 is 3.00 bits per heavy atom. The van der Waals surface area contributed by atoms with E-state index in [0.29, 0.717) is 13.0 Å². The third kappa shape index (κ3) is 1.35. The first-order chi connectivity index (χ1) is 5.75. The lowest BCUT2D eigenvalue weighted by Gasteiger charge is -2.07. The molecular weight excluding hydrogens is 166 g/mol. The molecule has 0 bridgehead atoms. The fourth-order valence-corrected chi connectivity index (χ4v) is 1.61. The summed E-state index contributed by atoms with van der Waals surface area (Å²) in [5, 5.41) is 9.11. The standard InChI is InChI=1S/C6H9NO5/c8-7(9)12-6-3-5-4(11-6)1-2-10-5/h4-6H,1-3H2. The number of hydrogen-bond donors (Lipinski definition) is 0. The topological polar surface area (TPSA) is 70.8 Å². The van der Waals surface area contributed by atoms with Gasteiger partial charge in [0.1, 0.15) is 0 Å². The first-order valence-electron chi connectivity index (χ1n) is 3.84. The third-order valence-corrected chi connectivity index (χ3v) is 2.10. The SMILES string of the molecule is O=[N+]([O-])OC1CC2OCCC2O1. The average molecular weight is 175 g/mol. The smallest absolute Gasteiger partial charge is 0.297 e. The van der Waals surface area contributed by atoms with Gasteiger partial charge in [0, 0.05) is 13.0 Å². The van der Waals surface area contributed by atoms with Gasteiger partial charge in [0.15, 0.2) is 0 Å². The van der Waals surface area contributed by atoms with E-state index in [2.05, 4.69) is 4.84 Å². The number of nitrogens with zero attached hydrogens (tertiary/aromatic N) is 1. The Labute approximate surface area is 68.5 Å². The van der Waals surface area contributed by atoms with Gasteiger partial charge >= 0.3 is 0 Å². The first kappa shape index (κ1) is 7.75. The molecule has 0 aromatic rings. The van der Waals surface area contributed by atoms with Crippen LogP contribution in [-0.2, 0) is 14.3 Å². The number of rotatable bonds is 2. The van der Waals surface area contributed by atoms with Gasteiger partial charge in [0.25, 0.3) is 5.09 Å². The molecule has 2 aliphatic heterocycles. The second-order valence-corrected chi connectivity index (χ2v) is 2.87. The maximum absolute atomic E-state index is 9.94. The van der Waals surface area contributed by atoms with Crippen LogP contribution >= 0.6 is 0 Å². The number of hydrogen-bond acceptors (Lipinski definition) is 5. The van der Waals surface area contributed by atoms with Crippen molar-refractivity contribution in [3.63, 3.8) is 0 Å². The largest absolute Gasteiger partial charge is 0.375 e. The Hall–Kier alpha value is -0.880. The Morgan fingerprint density at radius 2 is 2.33 bits per heavy atom. The van der Waals surface area contributed by atoms with E-state index in [1.54, 1.807) is 0 Å². The van der Waals surface area contributed by atoms with Crippen molar-refractivity contribution in [2.75, 3.05) is 6.61 Å². The van der Waals surface area contributed by atoms with Crippen LogP contribution in [-0.4, -0.2) is 30.2 Å². The summed E-state index contributed by atoms with van der Waals surface area (Å²) in [6, 6.07) is 0. The van der Waals surface area contributed by atoms with Gasteiger partial charge in [0.05, 0.1) is 12.2 Å². The van der Waals surface area contributed by atoms with E-state index in [4.69, 9.17) is 9.47 Å². The highest BCUT2D eigenvalue weighted by molar-refractivity contribution is 4.83. The molecule has 68 valence electrons. The lowest BCUT2D eigenvalue weighted by Crippen LogP contribution is -2.17. The minimum Gasteiger partial charge on any atom is -0.375 e. The van der Waals surface area contributed by atoms with E-state index >= 15 is 0 Å². The van der Waals surface area contributed by atoms with E-state index in [9.17, 15) is 10.1 Å². The maximum Gasteiger partial charge on any atom is 0.297 e. The molecule has 6 nitrogen and oxygen atoms in total. The number of ether oxygens (including phenoxy) is 2. The van der Waals surface area contributed by atoms with Crippen molar-refractivity contribution >= 4 is 0 Å². The molecule has 2 saturated heterocycles. The fraction of sp³-hybridized carbons (Fsp3) is 1.00. The highest BCUT2D eigenvalue weighted by atomic mass is 17.0. The van der Waals surface area contributed by atoms with Crippen LogP contribution < -0.4 is 0 Å². The van der Waals surface area contributed by atoms with E-state index in [1.165, 1.54) is 0 Å². The van der Waals surface area contributed by atoms with Gasteiger partial charge in [-0.3, -0.25) is 4.84 Å². The summed E-state index contributed by atoms with van der Waals surface area (Å²) < 4.78 is 10.5. The fourth-order valence-electron chi connectivity index (χ4n) is 1.61. The zero-order valence-electron chi connectivity index (χ0n) is 6.34. The van der Waals surface area contributed by atoms with Gasteiger partial charge in [-0.1, -0.05) is 0 Å². The van der Waals surface area contributed by atoms with Crippen molar-refractivity contribution in [2.45, 2.75) is 31.3 Å². The predicted octanol–water partition coefficient (Wildman–Crippen LogP) is 0.0986. The first-order valence-corrected chi connectivity index (χ1v) is 3.84. The molecule has 2 fully saturated rings. The van der Waals surface area contributed by atoms with Crippen LogP contribution in [0.25, 0.3) is 0 Å². The molecule has 3 atom stereocenters. The minimum absolute atomic E-state index is 0.00468. The van der Waals surface area contributed by atoms with Gasteiger partial charge in [-0.2, -0.15) is 0 Å². The molecule has 0 spiro atoms. The molecule has 6 heteroatoms. The maximum atomic E-state index is 9.94. The van der Waals surface area contributed by atoms with Gasteiger partial charge in [-0.25, -0.2) is 0 Å². The second kappa shape index (κ2) is 2.87. The zero-order valence-corrected chi connectivity index (χ0v) is 6.34. The Bertz CT molecular complexity index is 184. The molecule has 3 unspecified atom stereocenters. The lowest BCUT2D eigenvalue weighted by atomic mass is 10.2. The Kier molecular flexibility index (Phi) is 1.86. The van der Waals surface area contributed by atoms with Crippen molar-refractivity contribution in [3.8, 4) is 0 Å². The summed E-state index contributed by atoms with van der Waals surface area (Å²) >= 11 is 0. The van der Waals surface area contributed by atoms with Crippen molar-refractivity contribution in [1.82, 2.24) is 0 Å². The van der Waals surface area contributed by atoms with Crippen LogP contribution in [0.5, 0.6) is 0 Å². The van der Waals surface area contributed by atoms with Crippen molar-refractivity contribution in [2.24, 2.45) is 0 Å². The van der Waals surface area contributed by atoms with E-state index < -0.39 is 11.4 Å². The molecule has 0 radical (unpaired) electrons. The molecule has 0 aromatic carbocycles. The normalized spacial score (nSPS) is 39.5. The van der Waals surface area contributed by atoms with Gasteiger partial charge in [-0.05, 0) is 6.42 Å². The molecule has 2 heterocycles. The van der Waals surface area contributed by atoms with Crippen LogP contribution in [0.2, 0.25) is 0 Å². The van der Waals surface area contributed by atoms with Crippen molar-refractivity contribution in [1.29, 1.82) is 0 Å². The molecule has 0 aromatic heterocycles. The molecule has 0 saturated carbocycles. The molecule has 0 N–H and O–H groups in total. The molecule has 2 rings (SSSR count). The van der Waals surface area contributed by atoms with Crippen molar-refractivity contribution < 1.29 is 19.4 Å². The zero-order chi connectivity index (χ0) is 8.55. The second-order valence-electron chi connectivity index (χ2n) is 2.87. The van der Waals surface area contributed by atoms with Crippen molar-refractivity contribution in [3.05, 3.63) is 10.1 Å². The van der Waals surface area contributed by atoms with Crippen LogP contribution in [0.4, 0.5) is 0 Å². The van der Waals surface area contributed by atoms with E-state index in [1.807, 2.05) is 0 Å². The predicted molar refractivity (Wildman–Crippen MR) is 35.7 cm³/mol. The van der Waals surface area contributed by atoms with Gasteiger partial charge < -0.3 is 9.47 Å². The van der Waals surface area contributed by atoms with Crippen LogP contribution in [0.3, 0.4) is 0 Å². The van der Waals surface area contributed by atoms with E-state index in [-0.39, 0.29) is 12.2 Å². The Balaban J connectivity index is 1.86. The molecular formula is C6H9NO5. The number of fused-ring (bicyclic) bond motifs is 1. The summed E-state index contributed by atoms with van der Waals surface area (Å²) in [6.07, 6.45) is 0.536. The molecule has 12 heavy (non-hydrogen) atoms. The molecule has 0 aliphatic carbocycles. The van der Waals surface area contributed by atoms with Crippen LogP contribution in [0.1, 0.15) is 12.8 Å². The third-order valence-electron chi connectivity index (χ3n) is 2.10.